The number of halogens is 1. The van der Waals surface area contributed by atoms with Gasteiger partial charge in [0, 0.05) is 24.6 Å². The fraction of sp³-hybridized carbons (Fsp3) is 0.333. The first-order chi connectivity index (χ1) is 15.4. The van der Waals surface area contributed by atoms with E-state index in [1.54, 1.807) is 0 Å². The molecule has 7 nitrogen and oxygen atoms in total. The molecule has 2 N–H and O–H groups in total. The van der Waals surface area contributed by atoms with Gasteiger partial charge in [0.2, 0.25) is 5.95 Å². The molecule has 1 aliphatic heterocycles. The van der Waals surface area contributed by atoms with Crippen LogP contribution in [0.3, 0.4) is 0 Å². The van der Waals surface area contributed by atoms with Crippen LogP contribution >= 0.6 is 0 Å². The Morgan fingerprint density at radius 2 is 2.03 bits per heavy atom. The first-order valence-corrected chi connectivity index (χ1v) is 10.5. The number of carboxylic acids is 1. The number of carboxylic acid groups (broad SMARTS) is 1. The van der Waals surface area contributed by atoms with Crippen molar-refractivity contribution >= 4 is 22.6 Å². The van der Waals surface area contributed by atoms with Crippen LogP contribution in [0.4, 0.5) is 10.1 Å². The van der Waals surface area contributed by atoms with Crippen LogP contribution in [0.5, 0.6) is 0 Å². The van der Waals surface area contributed by atoms with Gasteiger partial charge in [-0.3, -0.25) is 0 Å². The average Bonchev–Trinajstić information content (AvgIpc) is 2.79. The molecule has 0 aliphatic carbocycles. The minimum Gasteiger partial charge on any atom is -0.476 e. The second-order valence-electron chi connectivity index (χ2n) is 8.05. The number of nitrogens with zero attached hydrogens (tertiary/aromatic N) is 3. The molecule has 0 saturated carbocycles. The summed E-state index contributed by atoms with van der Waals surface area (Å²) in [5.41, 5.74) is 3.77. The lowest BCUT2D eigenvalue weighted by molar-refractivity contribution is 0.0690. The van der Waals surface area contributed by atoms with Gasteiger partial charge in [0.15, 0.2) is 5.69 Å². The Labute approximate surface area is 184 Å². The number of fused-ring (bicyclic) bond motifs is 1. The Morgan fingerprint density at radius 3 is 2.72 bits per heavy atom. The summed E-state index contributed by atoms with van der Waals surface area (Å²) in [7, 11) is 0. The van der Waals surface area contributed by atoms with E-state index >= 15 is 0 Å². The molecule has 0 radical (unpaired) electrons. The fourth-order valence-corrected chi connectivity index (χ4v) is 4.26. The summed E-state index contributed by atoms with van der Waals surface area (Å²) in [5.74, 6) is -1.96. The molecule has 0 bridgehead atoms. The molecule has 2 aromatic heterocycles. The highest BCUT2D eigenvalue weighted by atomic mass is 19.1. The molecular formula is C24H23FN4O3. The average molecular weight is 434 g/mol. The highest BCUT2D eigenvalue weighted by Gasteiger charge is 2.23. The van der Waals surface area contributed by atoms with Crippen LogP contribution in [-0.2, 0) is 4.74 Å². The Balaban J connectivity index is 1.80. The number of ether oxygens (including phenoxy) is 1. The van der Waals surface area contributed by atoms with E-state index in [2.05, 4.69) is 21.4 Å². The van der Waals surface area contributed by atoms with E-state index in [9.17, 15) is 19.6 Å². The Hall–Kier alpha value is -3.57. The van der Waals surface area contributed by atoms with Crippen molar-refractivity contribution in [2.75, 3.05) is 18.5 Å². The van der Waals surface area contributed by atoms with Gasteiger partial charge in [-0.2, -0.15) is 9.65 Å². The van der Waals surface area contributed by atoms with Crippen molar-refractivity contribution in [1.82, 2.24) is 9.97 Å². The minimum absolute atomic E-state index is 0.202. The molecule has 1 fully saturated rings. The zero-order chi connectivity index (χ0) is 22.8. The van der Waals surface area contributed by atoms with Gasteiger partial charge in [0.25, 0.3) is 0 Å². The third kappa shape index (κ3) is 4.25. The molecule has 3 aromatic rings. The first kappa shape index (κ1) is 21.7. The quantitative estimate of drug-likeness (QED) is 0.560. The van der Waals surface area contributed by atoms with Gasteiger partial charge in [0.1, 0.15) is 11.8 Å². The van der Waals surface area contributed by atoms with Crippen LogP contribution < -0.4 is 5.32 Å². The van der Waals surface area contributed by atoms with Crippen LogP contribution in [-0.4, -0.2) is 34.3 Å². The van der Waals surface area contributed by atoms with Crippen LogP contribution in [0, 0.1) is 24.2 Å². The van der Waals surface area contributed by atoms with E-state index in [1.165, 1.54) is 6.07 Å². The summed E-state index contributed by atoms with van der Waals surface area (Å²) >= 11 is 0. The van der Waals surface area contributed by atoms with E-state index in [-0.39, 0.29) is 23.3 Å². The van der Waals surface area contributed by atoms with Crippen molar-refractivity contribution in [2.45, 2.75) is 38.6 Å². The molecule has 1 atom stereocenters. The Bertz CT molecular complexity index is 1230. The largest absolute Gasteiger partial charge is 0.476 e. The summed E-state index contributed by atoms with van der Waals surface area (Å²) in [5, 5.41) is 23.2. The van der Waals surface area contributed by atoms with Gasteiger partial charge in [-0.15, -0.1) is 0 Å². The lowest BCUT2D eigenvalue weighted by atomic mass is 9.88. The third-order valence-corrected chi connectivity index (χ3v) is 5.81. The van der Waals surface area contributed by atoms with E-state index in [0.29, 0.717) is 24.4 Å². The second kappa shape index (κ2) is 8.89. The summed E-state index contributed by atoms with van der Waals surface area (Å²) in [6.45, 7) is 5.15. The maximum absolute atomic E-state index is 13.5. The number of nitrogens with one attached hydrogen (secondary N) is 1. The minimum atomic E-state index is -1.31. The maximum Gasteiger partial charge on any atom is 0.356 e. The number of pyridine rings is 2. The van der Waals surface area contributed by atoms with E-state index in [4.69, 9.17) is 4.74 Å². The van der Waals surface area contributed by atoms with Crippen molar-refractivity contribution in [3.63, 3.8) is 0 Å². The molecule has 1 aromatic carbocycles. The molecule has 1 aliphatic rings. The number of aromatic carboxylic acids is 1. The highest BCUT2D eigenvalue weighted by molar-refractivity contribution is 5.92. The molecule has 8 heteroatoms. The number of hydrogen-bond acceptors (Lipinski definition) is 6. The number of nitriles is 1. The molecule has 32 heavy (non-hydrogen) atoms. The number of aromatic nitrogens is 2. The van der Waals surface area contributed by atoms with Crippen LogP contribution in [0.2, 0.25) is 0 Å². The second-order valence-corrected chi connectivity index (χ2v) is 8.05. The summed E-state index contributed by atoms with van der Waals surface area (Å²) < 4.78 is 18.9. The fourth-order valence-electron chi connectivity index (χ4n) is 4.26. The lowest BCUT2D eigenvalue weighted by Crippen LogP contribution is -2.16. The SMILES string of the molecule is Cc1cc([C@H](C)Nc2ccc(F)nc2C(=O)O)c2cc(C3CCOCC3)c(C#N)nc2c1. The predicted octanol–water partition coefficient (Wildman–Crippen LogP) is 4.71. The topological polar surface area (TPSA) is 108 Å². The highest BCUT2D eigenvalue weighted by Crippen LogP contribution is 2.34. The summed E-state index contributed by atoms with van der Waals surface area (Å²) in [6, 6.07) is 10.4. The Kier molecular flexibility index (Phi) is 6.01. The van der Waals surface area contributed by atoms with E-state index in [1.807, 2.05) is 32.0 Å². The zero-order valence-electron chi connectivity index (χ0n) is 17.9. The van der Waals surface area contributed by atoms with Crippen molar-refractivity contribution < 1.29 is 19.0 Å². The number of rotatable bonds is 5. The van der Waals surface area contributed by atoms with Gasteiger partial charge in [-0.05, 0) is 73.6 Å². The predicted molar refractivity (Wildman–Crippen MR) is 117 cm³/mol. The molecule has 4 rings (SSSR count). The molecule has 0 spiro atoms. The number of benzene rings is 1. The molecule has 164 valence electrons. The lowest BCUT2D eigenvalue weighted by Gasteiger charge is -2.24. The Morgan fingerprint density at radius 1 is 1.28 bits per heavy atom. The van der Waals surface area contributed by atoms with Crippen LogP contribution in [0.1, 0.15) is 64.6 Å². The summed E-state index contributed by atoms with van der Waals surface area (Å²) in [6.07, 6.45) is 1.67. The maximum atomic E-state index is 13.5. The smallest absolute Gasteiger partial charge is 0.356 e. The van der Waals surface area contributed by atoms with Crippen molar-refractivity contribution in [1.29, 1.82) is 5.26 Å². The molecule has 3 heterocycles. The van der Waals surface area contributed by atoms with Gasteiger partial charge in [-0.25, -0.2) is 14.8 Å². The van der Waals surface area contributed by atoms with E-state index in [0.717, 1.165) is 41.0 Å². The number of aryl methyl sites for hydroxylation is 1. The number of carbonyl (C=O) groups is 1. The summed E-state index contributed by atoms with van der Waals surface area (Å²) in [4.78, 5) is 19.7. The van der Waals surface area contributed by atoms with Crippen molar-refractivity contribution in [3.05, 3.63) is 64.4 Å². The standard InChI is InChI=1S/C24H23FN4O3/c1-13-9-16(14(2)27-19-3-4-22(25)29-23(19)24(30)31)18-11-17(15-5-7-32-8-6-15)21(12-26)28-20(18)10-13/h3-4,9-11,14-15,27H,5-8H2,1-2H3,(H,30,31)/t14-/m0/s1. The monoisotopic (exact) mass is 434 g/mol. The third-order valence-electron chi connectivity index (χ3n) is 5.81. The van der Waals surface area contributed by atoms with Crippen LogP contribution in [0.15, 0.2) is 30.3 Å². The van der Waals surface area contributed by atoms with Gasteiger partial charge >= 0.3 is 5.97 Å². The van der Waals surface area contributed by atoms with Gasteiger partial charge in [0.05, 0.1) is 11.2 Å². The molecule has 0 amide bonds. The molecular weight excluding hydrogens is 411 g/mol. The molecule has 0 unspecified atom stereocenters. The van der Waals surface area contributed by atoms with Crippen molar-refractivity contribution in [2.24, 2.45) is 0 Å². The first-order valence-electron chi connectivity index (χ1n) is 10.5. The van der Waals surface area contributed by atoms with Gasteiger partial charge in [-0.1, -0.05) is 6.07 Å². The van der Waals surface area contributed by atoms with Crippen molar-refractivity contribution in [3.8, 4) is 6.07 Å². The number of anilines is 1. The normalized spacial score (nSPS) is 15.3. The van der Waals surface area contributed by atoms with Gasteiger partial charge < -0.3 is 15.2 Å². The van der Waals surface area contributed by atoms with Crippen LogP contribution in [0.25, 0.3) is 10.9 Å². The van der Waals surface area contributed by atoms with E-state index < -0.39 is 11.9 Å². The number of hydrogen-bond donors (Lipinski definition) is 2. The zero-order valence-corrected chi connectivity index (χ0v) is 17.9. The molecule has 1 saturated heterocycles.